The van der Waals surface area contributed by atoms with Gasteiger partial charge in [0.1, 0.15) is 7.05 Å². The normalized spacial score (nSPS) is 11.5. The van der Waals surface area contributed by atoms with Crippen molar-refractivity contribution in [2.24, 2.45) is 7.05 Å². The highest BCUT2D eigenvalue weighted by Crippen LogP contribution is 2.26. The average molecular weight is 296 g/mol. The molecule has 1 aromatic heterocycles. The van der Waals surface area contributed by atoms with Crippen LogP contribution in [0, 0.1) is 0 Å². The number of hydrogen-bond donors (Lipinski definition) is 0. The molecule has 1 heterocycles. The van der Waals surface area contributed by atoms with Crippen LogP contribution in [0.4, 0.5) is 0 Å². The number of para-hydroxylation sites is 2. The molecule has 0 aliphatic rings. The van der Waals surface area contributed by atoms with Crippen molar-refractivity contribution in [2.45, 2.75) is 0 Å². The maximum atomic E-state index is 2.27. The molecule has 0 aliphatic heterocycles. The van der Waals surface area contributed by atoms with Gasteiger partial charge in [-0.25, -0.2) is 0 Å². The van der Waals surface area contributed by atoms with Crippen molar-refractivity contribution in [1.29, 1.82) is 0 Å². The Balaban J connectivity index is 2.03. The third-order valence-corrected chi connectivity index (χ3v) is 4.35. The van der Waals surface area contributed by atoms with Crippen LogP contribution in [0.3, 0.4) is 0 Å². The SMILES string of the molecule is C[n+]1c2ccccc2c(/C=C/c2ccccc2)c2ccccc21. The molecule has 0 fully saturated rings. The van der Waals surface area contributed by atoms with Crippen molar-refractivity contribution in [3.05, 3.63) is 90.0 Å². The molecule has 0 saturated heterocycles. The molecule has 0 radical (unpaired) electrons. The summed E-state index contributed by atoms with van der Waals surface area (Å²) in [5.41, 5.74) is 4.99. The van der Waals surface area contributed by atoms with Gasteiger partial charge >= 0.3 is 0 Å². The van der Waals surface area contributed by atoms with E-state index in [4.69, 9.17) is 0 Å². The van der Waals surface area contributed by atoms with Crippen molar-refractivity contribution in [3.8, 4) is 0 Å². The minimum Gasteiger partial charge on any atom is -0.194 e. The smallest absolute Gasteiger partial charge is 0.194 e. The summed E-state index contributed by atoms with van der Waals surface area (Å²) in [5, 5.41) is 2.56. The van der Waals surface area contributed by atoms with Gasteiger partial charge in [-0.05, 0) is 17.7 Å². The first-order chi connectivity index (χ1) is 11.3. The zero-order chi connectivity index (χ0) is 15.6. The fourth-order valence-electron chi connectivity index (χ4n) is 3.19. The van der Waals surface area contributed by atoms with E-state index in [0.717, 1.165) is 0 Å². The minimum atomic E-state index is 1.22. The molecule has 23 heavy (non-hydrogen) atoms. The van der Waals surface area contributed by atoms with Crippen molar-refractivity contribution in [1.82, 2.24) is 0 Å². The topological polar surface area (TPSA) is 3.88 Å². The van der Waals surface area contributed by atoms with E-state index >= 15 is 0 Å². The highest BCUT2D eigenvalue weighted by molar-refractivity contribution is 6.01. The lowest BCUT2D eigenvalue weighted by Crippen LogP contribution is -2.30. The van der Waals surface area contributed by atoms with E-state index in [1.54, 1.807) is 0 Å². The van der Waals surface area contributed by atoms with E-state index in [-0.39, 0.29) is 0 Å². The van der Waals surface area contributed by atoms with Gasteiger partial charge in [-0.15, -0.1) is 0 Å². The van der Waals surface area contributed by atoms with E-state index < -0.39 is 0 Å². The van der Waals surface area contributed by atoms with Gasteiger partial charge in [0.05, 0.1) is 10.8 Å². The van der Waals surface area contributed by atoms with Crippen LogP contribution in [0.25, 0.3) is 34.0 Å². The van der Waals surface area contributed by atoms with E-state index in [1.165, 1.54) is 32.9 Å². The van der Waals surface area contributed by atoms with E-state index in [1.807, 2.05) is 6.07 Å². The molecule has 1 nitrogen and oxygen atoms in total. The summed E-state index contributed by atoms with van der Waals surface area (Å²) in [6, 6.07) is 27.6. The molecule has 0 atom stereocenters. The zero-order valence-electron chi connectivity index (χ0n) is 13.1. The molecule has 0 unspecified atom stereocenters. The molecule has 0 spiro atoms. The summed E-state index contributed by atoms with van der Waals surface area (Å²) in [5.74, 6) is 0. The zero-order valence-corrected chi connectivity index (χ0v) is 13.1. The van der Waals surface area contributed by atoms with Crippen LogP contribution in [0.1, 0.15) is 11.1 Å². The monoisotopic (exact) mass is 296 g/mol. The Labute approximate surface area is 136 Å². The fourth-order valence-corrected chi connectivity index (χ4v) is 3.19. The summed E-state index contributed by atoms with van der Waals surface area (Å²) in [7, 11) is 2.13. The predicted molar refractivity (Wildman–Crippen MR) is 98.0 cm³/mol. The van der Waals surface area contributed by atoms with Crippen LogP contribution in [0.5, 0.6) is 0 Å². The molecule has 0 aliphatic carbocycles. The van der Waals surface area contributed by atoms with Gasteiger partial charge in [0, 0.05) is 17.7 Å². The van der Waals surface area contributed by atoms with Gasteiger partial charge in [-0.1, -0.05) is 66.7 Å². The van der Waals surface area contributed by atoms with Gasteiger partial charge in [0.25, 0.3) is 0 Å². The van der Waals surface area contributed by atoms with Crippen LogP contribution in [-0.2, 0) is 7.05 Å². The lowest BCUT2D eigenvalue weighted by molar-refractivity contribution is -0.617. The van der Waals surface area contributed by atoms with Gasteiger partial charge in [0.15, 0.2) is 0 Å². The summed E-state index contributed by atoms with van der Waals surface area (Å²) in [6.07, 6.45) is 4.42. The largest absolute Gasteiger partial charge is 0.213 e. The molecule has 110 valence electrons. The molecule has 0 amide bonds. The number of benzene rings is 3. The van der Waals surface area contributed by atoms with E-state index in [0.29, 0.717) is 0 Å². The first kappa shape index (κ1) is 13.7. The predicted octanol–water partition coefficient (Wildman–Crippen LogP) is 4.99. The highest BCUT2D eigenvalue weighted by atomic mass is 14.9. The second kappa shape index (κ2) is 5.69. The summed E-state index contributed by atoms with van der Waals surface area (Å²) < 4.78 is 2.27. The van der Waals surface area contributed by atoms with Crippen molar-refractivity contribution < 1.29 is 4.57 Å². The van der Waals surface area contributed by atoms with Crippen LogP contribution in [0.2, 0.25) is 0 Å². The third kappa shape index (κ3) is 2.40. The number of hydrogen-bond acceptors (Lipinski definition) is 0. The fraction of sp³-hybridized carbons (Fsp3) is 0.0455. The lowest BCUT2D eigenvalue weighted by atomic mass is 10.0. The maximum Gasteiger partial charge on any atom is 0.213 e. The van der Waals surface area contributed by atoms with Gasteiger partial charge in [-0.3, -0.25) is 0 Å². The number of pyridine rings is 1. The molecular weight excluding hydrogens is 278 g/mol. The third-order valence-electron chi connectivity index (χ3n) is 4.35. The van der Waals surface area contributed by atoms with Crippen molar-refractivity contribution in [3.63, 3.8) is 0 Å². The van der Waals surface area contributed by atoms with E-state index in [9.17, 15) is 0 Å². The molecule has 0 N–H and O–H groups in total. The van der Waals surface area contributed by atoms with Gasteiger partial charge < -0.3 is 0 Å². The standard InChI is InChI=1S/C22H18N/c1-23-21-13-7-5-11-19(21)18(20-12-6-8-14-22(20)23)16-15-17-9-3-2-4-10-17/h2-16H,1H3/q+1/b16-15+. The van der Waals surface area contributed by atoms with Crippen molar-refractivity contribution >= 4 is 34.0 Å². The molecule has 4 aromatic rings. The molecule has 4 rings (SSSR count). The molecule has 0 saturated carbocycles. The number of rotatable bonds is 2. The summed E-state index contributed by atoms with van der Waals surface area (Å²) >= 11 is 0. The van der Waals surface area contributed by atoms with Crippen LogP contribution < -0.4 is 4.57 Å². The number of aryl methyl sites for hydroxylation is 1. The van der Waals surface area contributed by atoms with Crippen molar-refractivity contribution in [2.75, 3.05) is 0 Å². The second-order valence-electron chi connectivity index (χ2n) is 5.75. The van der Waals surface area contributed by atoms with Crippen LogP contribution in [0.15, 0.2) is 78.9 Å². The number of nitrogens with zero attached hydrogens (tertiary/aromatic N) is 1. The van der Waals surface area contributed by atoms with Gasteiger partial charge in [0.2, 0.25) is 11.0 Å². The Kier molecular flexibility index (Phi) is 3.39. The van der Waals surface area contributed by atoms with E-state index in [2.05, 4.69) is 96.6 Å². The molecule has 0 bridgehead atoms. The maximum absolute atomic E-state index is 2.27. The molecule has 1 heteroatoms. The van der Waals surface area contributed by atoms with Crippen LogP contribution >= 0.6 is 0 Å². The first-order valence-corrected chi connectivity index (χ1v) is 7.87. The Morgan fingerprint density at radius 1 is 0.609 bits per heavy atom. The lowest BCUT2D eigenvalue weighted by Gasteiger charge is -2.07. The first-order valence-electron chi connectivity index (χ1n) is 7.87. The Hall–Kier alpha value is -2.93. The number of aromatic nitrogens is 1. The molecule has 3 aromatic carbocycles. The summed E-state index contributed by atoms with van der Waals surface area (Å²) in [4.78, 5) is 0. The Bertz CT molecular complexity index is 957. The summed E-state index contributed by atoms with van der Waals surface area (Å²) in [6.45, 7) is 0. The van der Waals surface area contributed by atoms with Gasteiger partial charge in [-0.2, -0.15) is 4.57 Å². The highest BCUT2D eigenvalue weighted by Gasteiger charge is 2.15. The Morgan fingerprint density at radius 3 is 1.74 bits per heavy atom. The molecular formula is C22H18N+. The Morgan fingerprint density at radius 2 is 1.13 bits per heavy atom. The second-order valence-corrected chi connectivity index (χ2v) is 5.75. The number of fused-ring (bicyclic) bond motifs is 2. The average Bonchev–Trinajstić information content (AvgIpc) is 2.63. The quantitative estimate of drug-likeness (QED) is 0.362. The minimum absolute atomic E-state index is 1.22. The van der Waals surface area contributed by atoms with Crippen LogP contribution in [-0.4, -0.2) is 0 Å².